The van der Waals surface area contributed by atoms with E-state index in [9.17, 15) is 8.42 Å². The highest BCUT2D eigenvalue weighted by molar-refractivity contribution is 7.89. The van der Waals surface area contributed by atoms with Crippen LogP contribution in [0.15, 0.2) is 17.4 Å². The molecule has 2 fully saturated rings. The fraction of sp³-hybridized carbons (Fsp3) is 0.778. The number of ether oxygens (including phenoxy) is 2. The zero-order chi connectivity index (χ0) is 20.7. The molecule has 1 aromatic rings. The number of nitrogens with zero attached hydrogens (tertiary/aromatic N) is 4. The number of aromatic nitrogens is 2. The first-order valence-corrected chi connectivity index (χ1v) is 11.8. The van der Waals surface area contributed by atoms with Crippen molar-refractivity contribution in [3.8, 4) is 0 Å². The van der Waals surface area contributed by atoms with Crippen LogP contribution in [0.4, 0.5) is 0 Å². The Hall–Kier alpha value is -1.69. The summed E-state index contributed by atoms with van der Waals surface area (Å²) in [5, 5.41) is 7.36. The monoisotopic (exact) mass is 428 g/mol. The molecule has 0 aromatic carbocycles. The average molecular weight is 429 g/mol. The van der Waals surface area contributed by atoms with Crippen molar-refractivity contribution in [3.05, 3.63) is 18.0 Å². The Kier molecular flexibility index (Phi) is 7.87. The molecule has 2 aliphatic rings. The van der Waals surface area contributed by atoms with Gasteiger partial charge in [-0.05, 0) is 19.3 Å². The molecule has 3 heterocycles. The van der Waals surface area contributed by atoms with Gasteiger partial charge in [0.2, 0.25) is 10.0 Å². The van der Waals surface area contributed by atoms with Gasteiger partial charge in [0.1, 0.15) is 6.10 Å². The molecule has 2 N–H and O–H groups in total. The molecule has 0 saturated carbocycles. The molecule has 3 rings (SSSR count). The van der Waals surface area contributed by atoms with E-state index in [1.807, 2.05) is 13.2 Å². The van der Waals surface area contributed by atoms with Gasteiger partial charge in [-0.15, -0.1) is 0 Å². The molecule has 0 bridgehead atoms. The number of nitrogens with one attached hydrogen (secondary N) is 2. The molecule has 2 aliphatic heterocycles. The van der Waals surface area contributed by atoms with Crippen molar-refractivity contribution in [2.75, 3.05) is 52.2 Å². The molecule has 2 unspecified atom stereocenters. The van der Waals surface area contributed by atoms with Gasteiger partial charge in [0.25, 0.3) is 0 Å². The van der Waals surface area contributed by atoms with Crippen LogP contribution in [0.5, 0.6) is 0 Å². The Labute approximate surface area is 172 Å². The fourth-order valence-corrected chi connectivity index (χ4v) is 4.49. The third-order valence-corrected chi connectivity index (χ3v) is 6.48. The standard InChI is InChI=1S/C18H32N6O4S/c1-19-18(24-7-9-28-17(14-24)15-11-21-23(2)13-15)20-6-10-29(25,26)22-12-16-5-3-4-8-27-16/h11,13,16-17,22H,3-10,12,14H2,1-2H3,(H,19,20). The minimum Gasteiger partial charge on any atom is -0.377 e. The zero-order valence-electron chi connectivity index (χ0n) is 17.2. The Morgan fingerprint density at radius 3 is 2.90 bits per heavy atom. The number of guanidine groups is 1. The van der Waals surface area contributed by atoms with Crippen LogP contribution in [0.25, 0.3) is 0 Å². The first kappa shape index (κ1) is 22.0. The van der Waals surface area contributed by atoms with E-state index in [-0.39, 0.29) is 24.5 Å². The summed E-state index contributed by atoms with van der Waals surface area (Å²) in [6.45, 7) is 3.23. The lowest BCUT2D eigenvalue weighted by atomic mass is 10.1. The number of rotatable bonds is 7. The molecule has 164 valence electrons. The van der Waals surface area contributed by atoms with Gasteiger partial charge in [-0.25, -0.2) is 13.1 Å². The fourth-order valence-electron chi connectivity index (χ4n) is 3.54. The summed E-state index contributed by atoms with van der Waals surface area (Å²) in [6.07, 6.45) is 6.69. The van der Waals surface area contributed by atoms with Crippen molar-refractivity contribution in [2.45, 2.75) is 31.5 Å². The quantitative estimate of drug-likeness (QED) is 0.459. The van der Waals surface area contributed by atoms with Crippen LogP contribution in [-0.4, -0.2) is 87.4 Å². The summed E-state index contributed by atoms with van der Waals surface area (Å²) >= 11 is 0. The predicted octanol–water partition coefficient (Wildman–Crippen LogP) is -0.143. The molecule has 29 heavy (non-hydrogen) atoms. The van der Waals surface area contributed by atoms with Gasteiger partial charge in [0.15, 0.2) is 5.96 Å². The number of aliphatic imine (C=N–C) groups is 1. The van der Waals surface area contributed by atoms with E-state index < -0.39 is 10.0 Å². The molecule has 0 aliphatic carbocycles. The molecule has 11 heteroatoms. The topological polar surface area (TPSA) is 110 Å². The number of sulfonamides is 1. The summed E-state index contributed by atoms with van der Waals surface area (Å²) < 4.78 is 40.4. The highest BCUT2D eigenvalue weighted by atomic mass is 32.2. The third-order valence-electron chi connectivity index (χ3n) is 5.13. The van der Waals surface area contributed by atoms with Crippen LogP contribution >= 0.6 is 0 Å². The normalized spacial score (nSPS) is 23.9. The van der Waals surface area contributed by atoms with Gasteiger partial charge in [-0.2, -0.15) is 5.10 Å². The molecule has 0 radical (unpaired) electrons. The lowest BCUT2D eigenvalue weighted by molar-refractivity contribution is -0.00798. The second kappa shape index (κ2) is 10.4. The Morgan fingerprint density at radius 2 is 2.21 bits per heavy atom. The van der Waals surface area contributed by atoms with Crippen LogP contribution in [0, 0.1) is 0 Å². The maximum atomic E-state index is 12.3. The molecule has 0 amide bonds. The zero-order valence-corrected chi connectivity index (χ0v) is 18.0. The van der Waals surface area contributed by atoms with Gasteiger partial charge >= 0.3 is 0 Å². The van der Waals surface area contributed by atoms with Crippen molar-refractivity contribution in [1.82, 2.24) is 24.7 Å². The van der Waals surface area contributed by atoms with Gasteiger partial charge in [0, 0.05) is 52.1 Å². The predicted molar refractivity (Wildman–Crippen MR) is 110 cm³/mol. The average Bonchev–Trinajstić information content (AvgIpc) is 3.17. The van der Waals surface area contributed by atoms with E-state index in [0.717, 1.165) is 24.8 Å². The first-order chi connectivity index (χ1) is 14.0. The molecular weight excluding hydrogens is 396 g/mol. The lowest BCUT2D eigenvalue weighted by Gasteiger charge is -2.34. The van der Waals surface area contributed by atoms with Gasteiger partial charge < -0.3 is 19.7 Å². The van der Waals surface area contributed by atoms with E-state index in [2.05, 4.69) is 25.0 Å². The number of hydrogen-bond acceptors (Lipinski definition) is 6. The summed E-state index contributed by atoms with van der Waals surface area (Å²) in [7, 11) is 0.205. The van der Waals surface area contributed by atoms with E-state index in [4.69, 9.17) is 9.47 Å². The van der Waals surface area contributed by atoms with E-state index in [0.29, 0.717) is 38.8 Å². The summed E-state index contributed by atoms with van der Waals surface area (Å²) in [5.41, 5.74) is 1.02. The third kappa shape index (κ3) is 6.66. The van der Waals surface area contributed by atoms with E-state index in [1.54, 1.807) is 17.9 Å². The molecule has 2 atom stereocenters. The molecule has 10 nitrogen and oxygen atoms in total. The lowest BCUT2D eigenvalue weighted by Crippen LogP contribution is -2.49. The van der Waals surface area contributed by atoms with Crippen molar-refractivity contribution in [2.24, 2.45) is 12.0 Å². The highest BCUT2D eigenvalue weighted by Gasteiger charge is 2.25. The molecular formula is C18H32N6O4S. The Bertz CT molecular complexity index is 775. The van der Waals surface area contributed by atoms with Crippen molar-refractivity contribution < 1.29 is 17.9 Å². The molecule has 2 saturated heterocycles. The van der Waals surface area contributed by atoms with E-state index >= 15 is 0 Å². The van der Waals surface area contributed by atoms with Gasteiger partial charge in [-0.3, -0.25) is 9.67 Å². The molecule has 1 aromatic heterocycles. The van der Waals surface area contributed by atoms with Crippen LogP contribution < -0.4 is 10.0 Å². The SMILES string of the molecule is CN=C(NCCS(=O)(=O)NCC1CCCCO1)N1CCOC(c2cnn(C)c2)C1. The number of morpholine rings is 1. The van der Waals surface area contributed by atoms with Crippen molar-refractivity contribution >= 4 is 16.0 Å². The number of hydrogen-bond donors (Lipinski definition) is 2. The second-order valence-corrected chi connectivity index (χ2v) is 9.31. The van der Waals surface area contributed by atoms with Crippen LogP contribution in [0.3, 0.4) is 0 Å². The minimum absolute atomic E-state index is 0.0167. The second-order valence-electron chi connectivity index (χ2n) is 7.38. The first-order valence-electron chi connectivity index (χ1n) is 10.1. The highest BCUT2D eigenvalue weighted by Crippen LogP contribution is 2.21. The maximum absolute atomic E-state index is 12.3. The Morgan fingerprint density at radius 1 is 1.34 bits per heavy atom. The van der Waals surface area contributed by atoms with Crippen molar-refractivity contribution in [3.63, 3.8) is 0 Å². The maximum Gasteiger partial charge on any atom is 0.213 e. The Balaban J connectivity index is 1.44. The summed E-state index contributed by atoms with van der Waals surface area (Å²) in [4.78, 5) is 6.38. The molecule has 0 spiro atoms. The summed E-state index contributed by atoms with van der Waals surface area (Å²) in [5.74, 6) is 0.655. The minimum atomic E-state index is -3.37. The number of aryl methyl sites for hydroxylation is 1. The van der Waals surface area contributed by atoms with Crippen molar-refractivity contribution in [1.29, 1.82) is 0 Å². The van der Waals surface area contributed by atoms with Gasteiger partial charge in [0.05, 0.1) is 31.2 Å². The van der Waals surface area contributed by atoms with E-state index in [1.165, 1.54) is 0 Å². The van der Waals surface area contributed by atoms with Crippen LogP contribution in [0.1, 0.15) is 30.9 Å². The smallest absolute Gasteiger partial charge is 0.213 e. The van der Waals surface area contributed by atoms with Crippen LogP contribution in [-0.2, 0) is 26.5 Å². The summed E-state index contributed by atoms with van der Waals surface area (Å²) in [6, 6.07) is 0. The largest absolute Gasteiger partial charge is 0.377 e. The van der Waals surface area contributed by atoms with Crippen LogP contribution in [0.2, 0.25) is 0 Å². The van der Waals surface area contributed by atoms with Gasteiger partial charge in [-0.1, -0.05) is 0 Å².